The number of para-hydroxylation sites is 1. The lowest BCUT2D eigenvalue weighted by Gasteiger charge is -2.40. The summed E-state index contributed by atoms with van der Waals surface area (Å²) in [6, 6.07) is 17.1. The van der Waals surface area contributed by atoms with E-state index < -0.39 is 17.6 Å². The fraction of sp³-hybridized carbons (Fsp3) is 0.308. The Morgan fingerprint density at radius 3 is 2.39 bits per heavy atom. The van der Waals surface area contributed by atoms with Crippen molar-refractivity contribution in [2.45, 2.75) is 37.3 Å². The van der Waals surface area contributed by atoms with Gasteiger partial charge in [0, 0.05) is 25.2 Å². The summed E-state index contributed by atoms with van der Waals surface area (Å²) in [5.41, 5.74) is 2.04. The van der Waals surface area contributed by atoms with Gasteiger partial charge in [0.1, 0.15) is 5.75 Å². The summed E-state index contributed by atoms with van der Waals surface area (Å²) in [6.45, 7) is 2.12. The topological polar surface area (TPSA) is 58.6 Å². The predicted molar refractivity (Wildman–Crippen MR) is 131 cm³/mol. The second-order valence-electron chi connectivity index (χ2n) is 8.57. The molecule has 3 heterocycles. The average molecular weight is 481 g/mol. The van der Waals surface area contributed by atoms with E-state index in [1.807, 2.05) is 29.0 Å². The van der Waals surface area contributed by atoms with Crippen LogP contribution < -0.4 is 15.0 Å². The number of halogens is 1. The number of hydrogen-bond acceptors (Lipinski definition) is 5. The molecule has 170 valence electrons. The molecule has 0 spiro atoms. The molecule has 0 saturated carbocycles. The number of ketones is 1. The van der Waals surface area contributed by atoms with Gasteiger partial charge >= 0.3 is 0 Å². The van der Waals surface area contributed by atoms with Gasteiger partial charge in [0.05, 0.1) is 10.6 Å². The third-order valence-corrected chi connectivity index (χ3v) is 7.48. The van der Waals surface area contributed by atoms with Gasteiger partial charge in [-0.15, -0.1) is 0 Å². The van der Waals surface area contributed by atoms with Gasteiger partial charge in [-0.1, -0.05) is 35.9 Å². The molecule has 2 aliphatic rings. The van der Waals surface area contributed by atoms with E-state index in [1.165, 1.54) is 24.9 Å². The summed E-state index contributed by atoms with van der Waals surface area (Å²) in [5, 5.41) is 7.44. The van der Waals surface area contributed by atoms with Crippen LogP contribution in [0.25, 0.3) is 0 Å². The molecule has 0 radical (unpaired) electrons. The zero-order chi connectivity index (χ0) is 22.8. The smallest absolute Gasteiger partial charge is 0.269 e. The molecular weight excluding hydrogens is 456 g/mol. The van der Waals surface area contributed by atoms with E-state index in [-0.39, 0.29) is 12.2 Å². The van der Waals surface area contributed by atoms with Crippen LogP contribution in [-0.4, -0.2) is 30.9 Å². The Morgan fingerprint density at radius 2 is 1.73 bits per heavy atom. The maximum absolute atomic E-state index is 13.3. The van der Waals surface area contributed by atoms with Crippen LogP contribution in [0.1, 0.15) is 36.8 Å². The summed E-state index contributed by atoms with van der Waals surface area (Å²) in [7, 11) is 0. The van der Waals surface area contributed by atoms with Gasteiger partial charge < -0.3 is 15.0 Å². The number of rotatable bonds is 5. The van der Waals surface area contributed by atoms with Crippen LogP contribution in [0, 0.1) is 0 Å². The molecule has 2 aromatic carbocycles. The van der Waals surface area contributed by atoms with Crippen LogP contribution in [0.15, 0.2) is 65.4 Å². The van der Waals surface area contributed by atoms with Crippen molar-refractivity contribution in [3.8, 4) is 5.75 Å². The highest BCUT2D eigenvalue weighted by Gasteiger charge is 2.48. The normalized spacial score (nSPS) is 23.3. The Balaban J connectivity index is 1.45. The lowest BCUT2D eigenvalue weighted by molar-refractivity contribution is -0.144. The zero-order valence-electron chi connectivity index (χ0n) is 18.1. The minimum Gasteiger partial charge on any atom is -0.471 e. The summed E-state index contributed by atoms with van der Waals surface area (Å²) in [6.07, 6.45) is 2.56. The number of nitrogens with zero attached hydrogens (tertiary/aromatic N) is 1. The number of Topliss-reactive ketones (excluding diaryl/α,β-unsaturated/α-hetero) is 1. The van der Waals surface area contributed by atoms with Crippen molar-refractivity contribution in [3.05, 3.63) is 81.5 Å². The number of benzene rings is 2. The molecule has 1 amide bonds. The number of ether oxygens (including phenoxy) is 1. The van der Waals surface area contributed by atoms with E-state index in [4.69, 9.17) is 16.3 Å². The van der Waals surface area contributed by atoms with Crippen LogP contribution in [0.3, 0.4) is 0 Å². The van der Waals surface area contributed by atoms with Crippen molar-refractivity contribution < 1.29 is 14.3 Å². The molecule has 2 aliphatic heterocycles. The summed E-state index contributed by atoms with van der Waals surface area (Å²) >= 11 is 7.72. The lowest BCUT2D eigenvalue weighted by atomic mass is 9.76. The fourth-order valence-electron chi connectivity index (χ4n) is 4.74. The summed E-state index contributed by atoms with van der Waals surface area (Å²) in [4.78, 5) is 28.9. The Labute approximate surface area is 202 Å². The van der Waals surface area contributed by atoms with E-state index in [0.29, 0.717) is 10.8 Å². The van der Waals surface area contributed by atoms with Crippen molar-refractivity contribution in [3.63, 3.8) is 0 Å². The van der Waals surface area contributed by atoms with Gasteiger partial charge in [-0.2, -0.15) is 11.3 Å². The number of thiophene rings is 1. The van der Waals surface area contributed by atoms with Crippen LogP contribution in [-0.2, 0) is 15.1 Å². The predicted octanol–water partition coefficient (Wildman–Crippen LogP) is 5.17. The molecule has 2 fully saturated rings. The molecule has 7 heteroatoms. The number of nitrogens with one attached hydrogen (secondary N) is 1. The number of carbonyl (C=O) groups excluding carboxylic acids is 2. The number of hydrogen-bond donors (Lipinski definition) is 1. The van der Waals surface area contributed by atoms with Crippen LogP contribution in [0.4, 0.5) is 5.69 Å². The molecule has 5 nitrogen and oxygen atoms in total. The van der Waals surface area contributed by atoms with Gasteiger partial charge in [-0.25, -0.2) is 0 Å². The Morgan fingerprint density at radius 1 is 0.970 bits per heavy atom. The van der Waals surface area contributed by atoms with Gasteiger partial charge in [-0.3, -0.25) is 9.59 Å². The van der Waals surface area contributed by atoms with Crippen LogP contribution >= 0.6 is 22.9 Å². The number of anilines is 1. The molecule has 2 atom stereocenters. The first-order valence-electron chi connectivity index (χ1n) is 11.2. The first-order chi connectivity index (χ1) is 16.1. The maximum Gasteiger partial charge on any atom is 0.269 e. The third kappa shape index (κ3) is 4.25. The van der Waals surface area contributed by atoms with Crippen molar-refractivity contribution >= 4 is 40.3 Å². The van der Waals surface area contributed by atoms with E-state index in [0.717, 1.165) is 24.2 Å². The highest BCUT2D eigenvalue weighted by molar-refractivity contribution is 7.08. The average Bonchev–Trinajstić information content (AvgIpc) is 3.39. The number of carbonyl (C=O) groups is 2. The monoisotopic (exact) mass is 480 g/mol. The number of piperidine rings is 2. The van der Waals surface area contributed by atoms with Crippen molar-refractivity contribution in [2.24, 2.45) is 0 Å². The molecule has 2 saturated heterocycles. The minimum absolute atomic E-state index is 0.105. The lowest BCUT2D eigenvalue weighted by Crippen LogP contribution is -2.60. The molecule has 1 aromatic heterocycles. The fourth-order valence-corrected chi connectivity index (χ4v) is 5.65. The van der Waals surface area contributed by atoms with Gasteiger partial charge in [0.15, 0.2) is 5.78 Å². The van der Waals surface area contributed by atoms with Crippen LogP contribution in [0.5, 0.6) is 5.75 Å². The zero-order valence-corrected chi connectivity index (χ0v) is 19.7. The Hall–Kier alpha value is -2.83. The standard InChI is InChI=1S/C26H25ClN2O3S/c27-21-6-2-3-7-23(21)32-24-22(30)16-26(28-25(24)31,19-12-15-33-17-19)18-8-10-20(11-9-18)29-13-4-1-5-14-29/h2-3,6-12,15,17,24H,1,4-5,13-14,16H2,(H,28,31)/t24-,26?/m1/s1. The summed E-state index contributed by atoms with van der Waals surface area (Å²) in [5.74, 6) is -0.413. The molecule has 3 aromatic rings. The van der Waals surface area contributed by atoms with Crippen LogP contribution in [0.2, 0.25) is 5.02 Å². The molecular formula is C26H25ClN2O3S. The third-order valence-electron chi connectivity index (χ3n) is 6.48. The molecule has 0 aliphatic carbocycles. The molecule has 5 rings (SSSR count). The first-order valence-corrected chi connectivity index (χ1v) is 12.5. The highest BCUT2D eigenvalue weighted by Crippen LogP contribution is 2.39. The minimum atomic E-state index is -1.23. The largest absolute Gasteiger partial charge is 0.471 e. The van der Waals surface area contributed by atoms with E-state index in [1.54, 1.807) is 35.6 Å². The quantitative estimate of drug-likeness (QED) is 0.512. The SMILES string of the molecule is O=C1CC(c2ccc(N3CCCCC3)cc2)(c2ccsc2)NC(=O)[C@@H]1Oc1ccccc1Cl. The van der Waals surface area contributed by atoms with Crippen molar-refractivity contribution in [1.29, 1.82) is 0 Å². The highest BCUT2D eigenvalue weighted by atomic mass is 35.5. The van der Waals surface area contributed by atoms with Crippen molar-refractivity contribution in [2.75, 3.05) is 18.0 Å². The molecule has 1 N–H and O–H groups in total. The van der Waals surface area contributed by atoms with Gasteiger partial charge in [0.25, 0.3) is 5.91 Å². The molecule has 0 bridgehead atoms. The summed E-state index contributed by atoms with van der Waals surface area (Å²) < 4.78 is 5.76. The maximum atomic E-state index is 13.3. The second-order valence-corrected chi connectivity index (χ2v) is 9.76. The molecule has 1 unspecified atom stereocenters. The number of amides is 1. The van der Waals surface area contributed by atoms with Crippen molar-refractivity contribution in [1.82, 2.24) is 5.32 Å². The van der Waals surface area contributed by atoms with E-state index in [2.05, 4.69) is 22.3 Å². The first kappa shape index (κ1) is 22.0. The van der Waals surface area contributed by atoms with E-state index in [9.17, 15) is 9.59 Å². The van der Waals surface area contributed by atoms with Gasteiger partial charge in [0.2, 0.25) is 6.10 Å². The molecule has 33 heavy (non-hydrogen) atoms. The Kier molecular flexibility index (Phi) is 6.13. The van der Waals surface area contributed by atoms with Gasteiger partial charge in [-0.05, 0) is 71.5 Å². The Bertz CT molecular complexity index is 1120. The van der Waals surface area contributed by atoms with E-state index >= 15 is 0 Å². The second kappa shape index (κ2) is 9.20.